The number of rotatable bonds is 11. The van der Waals surface area contributed by atoms with Gasteiger partial charge in [-0.25, -0.2) is 9.97 Å². The largest absolute Gasteiger partial charge is 0.236 e. The van der Waals surface area contributed by atoms with E-state index in [1.165, 1.54) is 68.9 Å². The lowest BCUT2D eigenvalue weighted by atomic mass is 10.0. The predicted octanol–water partition coefficient (Wildman–Crippen LogP) is 6.39. The summed E-state index contributed by atoms with van der Waals surface area (Å²) in [7, 11) is 0. The van der Waals surface area contributed by atoms with Crippen molar-refractivity contribution in [2.24, 2.45) is 0 Å². The summed E-state index contributed by atoms with van der Waals surface area (Å²) in [4.78, 5) is 9.08. The molecule has 0 fully saturated rings. The van der Waals surface area contributed by atoms with Crippen molar-refractivity contribution < 1.29 is 0 Å². The Kier molecular flexibility index (Phi) is 8.51. The Morgan fingerprint density at radius 3 is 1.83 bits per heavy atom. The maximum atomic E-state index is 4.54. The first-order valence-electron chi connectivity index (χ1n) is 9.73. The maximum absolute atomic E-state index is 4.54. The van der Waals surface area contributed by atoms with Crippen molar-refractivity contribution in [1.29, 1.82) is 0 Å². The quantitative estimate of drug-likeness (QED) is 0.448. The molecular weight excluding hydrogens is 292 g/mol. The van der Waals surface area contributed by atoms with Crippen LogP contribution >= 0.6 is 0 Å². The lowest BCUT2D eigenvalue weighted by Crippen LogP contribution is -1.93. The monoisotopic (exact) mass is 324 g/mol. The van der Waals surface area contributed by atoms with Crippen LogP contribution in [0.25, 0.3) is 11.4 Å². The Morgan fingerprint density at radius 2 is 1.17 bits per heavy atom. The molecule has 0 radical (unpaired) electrons. The third-order valence-corrected chi connectivity index (χ3v) is 4.56. The second kappa shape index (κ2) is 11.0. The minimum Gasteiger partial charge on any atom is -0.236 e. The van der Waals surface area contributed by atoms with Gasteiger partial charge in [0.1, 0.15) is 0 Å². The van der Waals surface area contributed by atoms with Crippen LogP contribution in [0.15, 0.2) is 36.7 Å². The van der Waals surface area contributed by atoms with Gasteiger partial charge in [-0.2, -0.15) is 0 Å². The number of hydrogen-bond donors (Lipinski definition) is 0. The highest BCUT2D eigenvalue weighted by Crippen LogP contribution is 2.17. The second-order valence-corrected chi connectivity index (χ2v) is 6.73. The molecule has 0 aliphatic rings. The van der Waals surface area contributed by atoms with E-state index < -0.39 is 0 Å². The van der Waals surface area contributed by atoms with E-state index in [9.17, 15) is 0 Å². The standard InChI is InChI=1S/C22H32N2/c1-3-5-7-8-10-11-19-13-15-21(16-14-19)22-23-17-20(18-24-22)12-9-6-4-2/h13-18H,3-12H2,1-2H3. The first-order valence-corrected chi connectivity index (χ1v) is 9.73. The van der Waals surface area contributed by atoms with Crippen molar-refractivity contribution in [2.45, 2.75) is 78.1 Å². The van der Waals surface area contributed by atoms with Crippen molar-refractivity contribution in [3.63, 3.8) is 0 Å². The van der Waals surface area contributed by atoms with Gasteiger partial charge < -0.3 is 0 Å². The van der Waals surface area contributed by atoms with E-state index in [4.69, 9.17) is 0 Å². The highest BCUT2D eigenvalue weighted by atomic mass is 14.9. The molecule has 0 atom stereocenters. The minimum atomic E-state index is 0.837. The van der Waals surface area contributed by atoms with Gasteiger partial charge in [0.15, 0.2) is 5.82 Å². The molecule has 0 aliphatic carbocycles. The van der Waals surface area contributed by atoms with Crippen LogP contribution in [0.2, 0.25) is 0 Å². The van der Waals surface area contributed by atoms with E-state index in [0.29, 0.717) is 0 Å². The molecule has 0 bridgehead atoms. The van der Waals surface area contributed by atoms with E-state index in [1.54, 1.807) is 0 Å². The summed E-state index contributed by atoms with van der Waals surface area (Å²) in [5.41, 5.74) is 3.78. The summed E-state index contributed by atoms with van der Waals surface area (Å²) >= 11 is 0. The molecule has 2 heteroatoms. The molecule has 2 nitrogen and oxygen atoms in total. The van der Waals surface area contributed by atoms with E-state index in [-0.39, 0.29) is 0 Å². The van der Waals surface area contributed by atoms with Gasteiger partial charge >= 0.3 is 0 Å². The first kappa shape index (κ1) is 18.6. The van der Waals surface area contributed by atoms with Crippen molar-refractivity contribution in [3.8, 4) is 11.4 Å². The molecule has 2 aromatic rings. The summed E-state index contributed by atoms with van der Waals surface area (Å²) in [6.45, 7) is 4.49. The van der Waals surface area contributed by atoms with Gasteiger partial charge in [-0.05, 0) is 36.8 Å². The smallest absolute Gasteiger partial charge is 0.159 e. The summed E-state index contributed by atoms with van der Waals surface area (Å²) in [5.74, 6) is 0.837. The van der Waals surface area contributed by atoms with Crippen LogP contribution in [-0.2, 0) is 12.8 Å². The second-order valence-electron chi connectivity index (χ2n) is 6.73. The number of aryl methyl sites for hydroxylation is 2. The van der Waals surface area contributed by atoms with E-state index in [0.717, 1.165) is 17.8 Å². The Morgan fingerprint density at radius 1 is 0.625 bits per heavy atom. The Labute approximate surface area is 147 Å². The highest BCUT2D eigenvalue weighted by Gasteiger charge is 2.02. The molecule has 1 heterocycles. The third kappa shape index (κ3) is 6.43. The Balaban J connectivity index is 1.83. The van der Waals surface area contributed by atoms with Gasteiger partial charge in [0.25, 0.3) is 0 Å². The highest BCUT2D eigenvalue weighted by molar-refractivity contribution is 5.55. The summed E-state index contributed by atoms with van der Waals surface area (Å²) in [6, 6.07) is 8.78. The number of unbranched alkanes of at least 4 members (excludes halogenated alkanes) is 6. The number of aromatic nitrogens is 2. The van der Waals surface area contributed by atoms with Crippen molar-refractivity contribution >= 4 is 0 Å². The fraction of sp³-hybridized carbons (Fsp3) is 0.545. The molecule has 0 unspecified atom stereocenters. The Bertz CT molecular complexity index is 558. The van der Waals surface area contributed by atoms with E-state index >= 15 is 0 Å². The third-order valence-electron chi connectivity index (χ3n) is 4.56. The summed E-state index contributed by atoms with van der Waals surface area (Å²) < 4.78 is 0. The van der Waals surface area contributed by atoms with Crippen molar-refractivity contribution in [2.75, 3.05) is 0 Å². The zero-order valence-electron chi connectivity index (χ0n) is 15.4. The lowest BCUT2D eigenvalue weighted by Gasteiger charge is -2.05. The molecular formula is C22H32N2. The molecule has 0 saturated carbocycles. The fourth-order valence-corrected chi connectivity index (χ4v) is 2.97. The van der Waals surface area contributed by atoms with Crippen LogP contribution < -0.4 is 0 Å². The van der Waals surface area contributed by atoms with Crippen LogP contribution in [0, 0.1) is 0 Å². The normalized spacial score (nSPS) is 10.9. The molecule has 130 valence electrons. The van der Waals surface area contributed by atoms with Gasteiger partial charge in [0, 0.05) is 18.0 Å². The Hall–Kier alpha value is -1.70. The minimum absolute atomic E-state index is 0.837. The number of nitrogens with zero attached hydrogens (tertiary/aromatic N) is 2. The molecule has 24 heavy (non-hydrogen) atoms. The van der Waals surface area contributed by atoms with E-state index in [2.05, 4.69) is 48.1 Å². The number of benzene rings is 1. The van der Waals surface area contributed by atoms with Crippen LogP contribution in [0.4, 0.5) is 0 Å². The van der Waals surface area contributed by atoms with Crippen LogP contribution in [-0.4, -0.2) is 9.97 Å². The van der Waals surface area contributed by atoms with Crippen LogP contribution in [0.5, 0.6) is 0 Å². The van der Waals surface area contributed by atoms with E-state index in [1.807, 2.05) is 12.4 Å². The fourth-order valence-electron chi connectivity index (χ4n) is 2.97. The average Bonchev–Trinajstić information content (AvgIpc) is 2.63. The topological polar surface area (TPSA) is 25.8 Å². The van der Waals surface area contributed by atoms with Gasteiger partial charge in [0.05, 0.1) is 0 Å². The maximum Gasteiger partial charge on any atom is 0.159 e. The number of hydrogen-bond acceptors (Lipinski definition) is 2. The molecule has 2 rings (SSSR count). The molecule has 0 aliphatic heterocycles. The SMILES string of the molecule is CCCCCCCc1ccc(-c2ncc(CCCCC)cn2)cc1. The molecule has 0 amide bonds. The van der Waals surface area contributed by atoms with Crippen LogP contribution in [0.3, 0.4) is 0 Å². The lowest BCUT2D eigenvalue weighted by molar-refractivity contribution is 0.632. The van der Waals surface area contributed by atoms with Crippen molar-refractivity contribution in [3.05, 3.63) is 47.8 Å². The van der Waals surface area contributed by atoms with Gasteiger partial charge in [0.2, 0.25) is 0 Å². The zero-order valence-corrected chi connectivity index (χ0v) is 15.4. The van der Waals surface area contributed by atoms with Crippen molar-refractivity contribution in [1.82, 2.24) is 9.97 Å². The summed E-state index contributed by atoms with van der Waals surface area (Å²) in [6.07, 6.45) is 16.7. The molecule has 1 aromatic carbocycles. The van der Waals surface area contributed by atoms with Gasteiger partial charge in [-0.15, -0.1) is 0 Å². The zero-order chi connectivity index (χ0) is 17.0. The average molecular weight is 325 g/mol. The van der Waals surface area contributed by atoms with Gasteiger partial charge in [-0.1, -0.05) is 76.6 Å². The summed E-state index contributed by atoms with van der Waals surface area (Å²) in [5, 5.41) is 0. The first-order chi connectivity index (χ1) is 11.8. The molecule has 0 N–H and O–H groups in total. The molecule has 0 saturated heterocycles. The van der Waals surface area contributed by atoms with Crippen LogP contribution in [0.1, 0.15) is 76.3 Å². The predicted molar refractivity (Wildman–Crippen MR) is 103 cm³/mol. The van der Waals surface area contributed by atoms with Gasteiger partial charge in [-0.3, -0.25) is 0 Å². The molecule has 1 aromatic heterocycles. The molecule has 0 spiro atoms.